The minimum Gasteiger partial charge on any atom is -0.391 e. The Bertz CT molecular complexity index is 158. The molecular weight excluding hydrogens is 174 g/mol. The van der Waals surface area contributed by atoms with Crippen molar-refractivity contribution in [1.29, 1.82) is 0 Å². The standard InChI is InChI=1S/C12H25NO/c1-10(2)9-13(3)11-7-5-4-6-8-12(11)14/h10-12,14H,4-9H2,1-3H3. The highest BCUT2D eigenvalue weighted by atomic mass is 16.3. The number of aliphatic hydroxyl groups excluding tert-OH is 1. The lowest BCUT2D eigenvalue weighted by atomic mass is 10.0. The molecule has 1 aliphatic carbocycles. The van der Waals surface area contributed by atoms with Crippen LogP contribution in [0.15, 0.2) is 0 Å². The molecule has 1 fully saturated rings. The summed E-state index contributed by atoms with van der Waals surface area (Å²) in [6.45, 7) is 5.57. The first-order valence-electron chi connectivity index (χ1n) is 5.99. The van der Waals surface area contributed by atoms with Gasteiger partial charge in [-0.15, -0.1) is 0 Å². The van der Waals surface area contributed by atoms with Crippen LogP contribution < -0.4 is 0 Å². The van der Waals surface area contributed by atoms with Crippen LogP contribution >= 0.6 is 0 Å². The zero-order valence-electron chi connectivity index (χ0n) is 9.87. The smallest absolute Gasteiger partial charge is 0.0695 e. The highest BCUT2D eigenvalue weighted by molar-refractivity contribution is 4.80. The molecule has 0 heterocycles. The van der Waals surface area contributed by atoms with E-state index < -0.39 is 0 Å². The van der Waals surface area contributed by atoms with Gasteiger partial charge in [-0.05, 0) is 25.8 Å². The van der Waals surface area contributed by atoms with Gasteiger partial charge >= 0.3 is 0 Å². The van der Waals surface area contributed by atoms with E-state index in [1.54, 1.807) is 0 Å². The van der Waals surface area contributed by atoms with Crippen LogP contribution in [-0.4, -0.2) is 35.7 Å². The van der Waals surface area contributed by atoms with Crippen molar-refractivity contribution >= 4 is 0 Å². The fourth-order valence-corrected chi connectivity index (χ4v) is 2.49. The summed E-state index contributed by atoms with van der Waals surface area (Å²) >= 11 is 0. The van der Waals surface area contributed by atoms with Crippen molar-refractivity contribution in [2.45, 2.75) is 58.1 Å². The fourth-order valence-electron chi connectivity index (χ4n) is 2.49. The third-order valence-electron chi connectivity index (χ3n) is 3.16. The van der Waals surface area contributed by atoms with Crippen LogP contribution in [0.3, 0.4) is 0 Å². The van der Waals surface area contributed by atoms with Gasteiger partial charge in [-0.2, -0.15) is 0 Å². The lowest BCUT2D eigenvalue weighted by Gasteiger charge is -2.31. The Kier molecular flexibility index (Phi) is 4.90. The Labute approximate surface area is 88.3 Å². The van der Waals surface area contributed by atoms with E-state index in [9.17, 15) is 5.11 Å². The largest absolute Gasteiger partial charge is 0.391 e. The van der Waals surface area contributed by atoms with E-state index in [0.717, 1.165) is 13.0 Å². The van der Waals surface area contributed by atoms with E-state index in [1.807, 2.05) is 0 Å². The molecule has 2 atom stereocenters. The Hall–Kier alpha value is -0.0800. The number of aliphatic hydroxyl groups is 1. The second kappa shape index (κ2) is 5.72. The van der Waals surface area contributed by atoms with Gasteiger partial charge in [-0.25, -0.2) is 0 Å². The van der Waals surface area contributed by atoms with Crippen molar-refractivity contribution in [2.24, 2.45) is 5.92 Å². The lowest BCUT2D eigenvalue weighted by molar-refractivity contribution is 0.0527. The van der Waals surface area contributed by atoms with E-state index in [-0.39, 0.29) is 6.10 Å². The number of hydrogen-bond donors (Lipinski definition) is 1. The predicted octanol–water partition coefficient (Wildman–Crippen LogP) is 2.27. The summed E-state index contributed by atoms with van der Waals surface area (Å²) < 4.78 is 0. The molecule has 1 N–H and O–H groups in total. The molecule has 2 heteroatoms. The van der Waals surface area contributed by atoms with E-state index in [4.69, 9.17) is 0 Å². The molecule has 84 valence electrons. The van der Waals surface area contributed by atoms with Crippen LogP contribution in [0.2, 0.25) is 0 Å². The minimum absolute atomic E-state index is 0.0961. The van der Waals surface area contributed by atoms with Crippen molar-refractivity contribution in [3.63, 3.8) is 0 Å². The highest BCUT2D eigenvalue weighted by Crippen LogP contribution is 2.22. The summed E-state index contributed by atoms with van der Waals surface area (Å²) in [7, 11) is 2.15. The first kappa shape index (κ1) is 12.0. The van der Waals surface area contributed by atoms with Gasteiger partial charge in [0.05, 0.1) is 6.10 Å². The molecule has 1 aliphatic rings. The molecule has 2 nitrogen and oxygen atoms in total. The highest BCUT2D eigenvalue weighted by Gasteiger charge is 2.25. The zero-order chi connectivity index (χ0) is 10.6. The van der Waals surface area contributed by atoms with Crippen LogP contribution in [0.1, 0.15) is 46.0 Å². The lowest BCUT2D eigenvalue weighted by Crippen LogP contribution is -2.42. The maximum atomic E-state index is 9.99. The monoisotopic (exact) mass is 199 g/mol. The molecule has 0 amide bonds. The van der Waals surface area contributed by atoms with E-state index in [0.29, 0.717) is 12.0 Å². The molecule has 0 saturated heterocycles. The average Bonchev–Trinajstić information content (AvgIpc) is 2.28. The second-order valence-electron chi connectivity index (χ2n) is 5.11. The number of likely N-dealkylation sites (N-methyl/N-ethyl adjacent to an activating group) is 1. The predicted molar refractivity (Wildman–Crippen MR) is 60.3 cm³/mol. The second-order valence-corrected chi connectivity index (χ2v) is 5.11. The van der Waals surface area contributed by atoms with Crippen molar-refractivity contribution < 1.29 is 5.11 Å². The van der Waals surface area contributed by atoms with E-state index in [2.05, 4.69) is 25.8 Å². The average molecular weight is 199 g/mol. The van der Waals surface area contributed by atoms with Gasteiger partial charge in [0, 0.05) is 12.6 Å². The molecule has 1 saturated carbocycles. The summed E-state index contributed by atoms with van der Waals surface area (Å²) in [5.41, 5.74) is 0. The van der Waals surface area contributed by atoms with Gasteiger partial charge in [0.25, 0.3) is 0 Å². The molecule has 2 unspecified atom stereocenters. The maximum Gasteiger partial charge on any atom is 0.0695 e. The van der Waals surface area contributed by atoms with Gasteiger partial charge < -0.3 is 10.0 Å². The van der Waals surface area contributed by atoms with E-state index >= 15 is 0 Å². The Balaban J connectivity index is 2.45. The molecule has 0 bridgehead atoms. The first-order valence-corrected chi connectivity index (χ1v) is 5.99. The summed E-state index contributed by atoms with van der Waals surface area (Å²) in [6, 6.07) is 0.403. The summed E-state index contributed by atoms with van der Waals surface area (Å²) in [5.74, 6) is 0.690. The molecule has 0 radical (unpaired) electrons. The number of rotatable bonds is 3. The third-order valence-corrected chi connectivity index (χ3v) is 3.16. The normalized spacial score (nSPS) is 29.6. The molecule has 0 aromatic rings. The maximum absolute atomic E-state index is 9.99. The molecular formula is C12H25NO. The van der Waals surface area contributed by atoms with Crippen molar-refractivity contribution in [3.8, 4) is 0 Å². The van der Waals surface area contributed by atoms with Gasteiger partial charge in [-0.3, -0.25) is 0 Å². The summed E-state index contributed by atoms with van der Waals surface area (Å²) in [4.78, 5) is 2.35. The van der Waals surface area contributed by atoms with Crippen LogP contribution in [0.5, 0.6) is 0 Å². The Morgan fingerprint density at radius 2 is 1.86 bits per heavy atom. The topological polar surface area (TPSA) is 23.5 Å². The molecule has 14 heavy (non-hydrogen) atoms. The molecule has 0 aromatic heterocycles. The molecule has 1 rings (SSSR count). The quantitative estimate of drug-likeness (QED) is 0.705. The molecule has 0 aromatic carbocycles. The van der Waals surface area contributed by atoms with Crippen molar-refractivity contribution in [3.05, 3.63) is 0 Å². The third kappa shape index (κ3) is 3.58. The summed E-state index contributed by atoms with van der Waals surface area (Å²) in [5, 5.41) is 9.99. The minimum atomic E-state index is -0.0961. The van der Waals surface area contributed by atoms with Crippen molar-refractivity contribution in [1.82, 2.24) is 4.90 Å². The Morgan fingerprint density at radius 1 is 1.21 bits per heavy atom. The SMILES string of the molecule is CC(C)CN(C)C1CCCCCC1O. The van der Waals surface area contributed by atoms with Crippen LogP contribution in [-0.2, 0) is 0 Å². The van der Waals surface area contributed by atoms with Crippen LogP contribution in [0.4, 0.5) is 0 Å². The van der Waals surface area contributed by atoms with Crippen LogP contribution in [0.25, 0.3) is 0 Å². The van der Waals surface area contributed by atoms with Gasteiger partial charge in [-0.1, -0.05) is 33.1 Å². The van der Waals surface area contributed by atoms with Crippen molar-refractivity contribution in [2.75, 3.05) is 13.6 Å². The zero-order valence-corrected chi connectivity index (χ0v) is 9.87. The van der Waals surface area contributed by atoms with Gasteiger partial charge in [0.15, 0.2) is 0 Å². The fraction of sp³-hybridized carbons (Fsp3) is 1.00. The van der Waals surface area contributed by atoms with Gasteiger partial charge in [0.2, 0.25) is 0 Å². The van der Waals surface area contributed by atoms with Crippen LogP contribution in [0, 0.1) is 5.92 Å². The molecule has 0 aliphatic heterocycles. The number of hydrogen-bond acceptors (Lipinski definition) is 2. The number of nitrogens with zero attached hydrogens (tertiary/aromatic N) is 1. The molecule has 0 spiro atoms. The van der Waals surface area contributed by atoms with Gasteiger partial charge in [0.1, 0.15) is 0 Å². The summed E-state index contributed by atoms with van der Waals surface area (Å²) in [6.07, 6.45) is 5.85. The van der Waals surface area contributed by atoms with E-state index in [1.165, 1.54) is 25.7 Å². The first-order chi connectivity index (χ1) is 6.61. The Morgan fingerprint density at radius 3 is 2.50 bits per heavy atom.